The monoisotopic (exact) mass is 555 g/mol. The predicted molar refractivity (Wildman–Crippen MR) is 168 cm³/mol. The average Bonchev–Trinajstić information content (AvgIpc) is 3.05. The minimum atomic E-state index is -0.203. The Bertz CT molecular complexity index is 1730. The highest BCUT2D eigenvalue weighted by Crippen LogP contribution is 2.28. The summed E-state index contributed by atoms with van der Waals surface area (Å²) < 4.78 is 5.73. The third kappa shape index (κ3) is 6.04. The van der Waals surface area contributed by atoms with Gasteiger partial charge in [-0.1, -0.05) is 78.9 Å². The standard InChI is InChI=1S/C36H33N3O3/c1-42-34-24-29(26-8-3-2-4-9-26)15-17-32(34)25-38-18-20-39(21-19-38)36(41)31-12-7-13-33(23-31)37-35(40)30-16-14-27-10-5-6-11-28(27)22-30/h2-17,22-24H,18-21,25H2,1H3,(H,37,40). The molecule has 6 nitrogen and oxygen atoms in total. The molecule has 0 aliphatic carbocycles. The molecular weight excluding hydrogens is 522 g/mol. The number of carbonyl (C=O) groups is 2. The SMILES string of the molecule is COc1cc(-c2ccccc2)ccc1CN1CCN(C(=O)c2cccc(NC(=O)c3ccc4ccccc4c3)c2)CC1. The van der Waals surface area contributed by atoms with Crippen molar-refractivity contribution in [1.29, 1.82) is 0 Å². The van der Waals surface area contributed by atoms with E-state index in [1.807, 2.05) is 77.7 Å². The Morgan fingerprint density at radius 1 is 0.690 bits per heavy atom. The quantitative estimate of drug-likeness (QED) is 0.242. The number of fused-ring (bicyclic) bond motifs is 1. The Labute approximate surface area is 246 Å². The van der Waals surface area contributed by atoms with Crippen LogP contribution in [0.5, 0.6) is 5.75 Å². The number of nitrogens with one attached hydrogen (secondary N) is 1. The maximum Gasteiger partial charge on any atom is 0.255 e. The van der Waals surface area contributed by atoms with Crippen molar-refractivity contribution < 1.29 is 14.3 Å². The van der Waals surface area contributed by atoms with E-state index in [0.29, 0.717) is 29.9 Å². The number of piperazine rings is 1. The van der Waals surface area contributed by atoms with E-state index in [9.17, 15) is 9.59 Å². The molecule has 6 heteroatoms. The van der Waals surface area contributed by atoms with Gasteiger partial charge in [-0.15, -0.1) is 0 Å². The number of rotatable bonds is 7. The molecular formula is C36H33N3O3. The van der Waals surface area contributed by atoms with Crippen LogP contribution in [0.1, 0.15) is 26.3 Å². The molecule has 5 aromatic carbocycles. The number of carbonyl (C=O) groups excluding carboxylic acids is 2. The van der Waals surface area contributed by atoms with E-state index in [1.165, 1.54) is 0 Å². The van der Waals surface area contributed by atoms with E-state index in [0.717, 1.165) is 52.8 Å². The number of methoxy groups -OCH3 is 1. The molecule has 0 atom stereocenters. The van der Waals surface area contributed by atoms with E-state index < -0.39 is 0 Å². The lowest BCUT2D eigenvalue weighted by atomic mass is 10.0. The molecule has 0 unspecified atom stereocenters. The van der Waals surface area contributed by atoms with Crippen molar-refractivity contribution >= 4 is 28.3 Å². The summed E-state index contributed by atoms with van der Waals surface area (Å²) in [6.07, 6.45) is 0. The van der Waals surface area contributed by atoms with Crippen LogP contribution in [0.15, 0.2) is 115 Å². The maximum atomic E-state index is 13.4. The smallest absolute Gasteiger partial charge is 0.255 e. The van der Waals surface area contributed by atoms with E-state index >= 15 is 0 Å². The summed E-state index contributed by atoms with van der Waals surface area (Å²) in [5.74, 6) is 0.643. The molecule has 0 aromatic heterocycles. The zero-order chi connectivity index (χ0) is 28.9. The molecule has 210 valence electrons. The molecule has 42 heavy (non-hydrogen) atoms. The summed E-state index contributed by atoms with van der Waals surface area (Å²) in [4.78, 5) is 30.5. The fraction of sp³-hybridized carbons (Fsp3) is 0.167. The lowest BCUT2D eigenvalue weighted by Gasteiger charge is -2.35. The minimum absolute atomic E-state index is 0.0266. The Balaban J connectivity index is 1.06. The van der Waals surface area contributed by atoms with Gasteiger partial charge in [0.15, 0.2) is 0 Å². The molecule has 1 aliphatic rings. The number of benzene rings is 5. The highest BCUT2D eigenvalue weighted by atomic mass is 16.5. The lowest BCUT2D eigenvalue weighted by molar-refractivity contribution is 0.0627. The largest absolute Gasteiger partial charge is 0.496 e. The van der Waals surface area contributed by atoms with Crippen LogP contribution in [0, 0.1) is 0 Å². The minimum Gasteiger partial charge on any atom is -0.496 e. The fourth-order valence-corrected chi connectivity index (χ4v) is 5.48. The number of ether oxygens (including phenoxy) is 1. The fourth-order valence-electron chi connectivity index (χ4n) is 5.48. The van der Waals surface area contributed by atoms with Crippen molar-refractivity contribution in [3.63, 3.8) is 0 Å². The van der Waals surface area contributed by atoms with Gasteiger partial charge in [-0.3, -0.25) is 14.5 Å². The molecule has 0 saturated carbocycles. The maximum absolute atomic E-state index is 13.4. The highest BCUT2D eigenvalue weighted by molar-refractivity contribution is 6.07. The van der Waals surface area contributed by atoms with Crippen molar-refractivity contribution in [2.24, 2.45) is 0 Å². The first kappa shape index (κ1) is 27.2. The summed E-state index contributed by atoms with van der Waals surface area (Å²) in [5.41, 5.74) is 5.16. The van der Waals surface area contributed by atoms with E-state index in [-0.39, 0.29) is 11.8 Å². The van der Waals surface area contributed by atoms with Gasteiger partial charge in [0.2, 0.25) is 0 Å². The van der Waals surface area contributed by atoms with E-state index in [1.54, 1.807) is 19.2 Å². The third-order valence-corrected chi connectivity index (χ3v) is 7.83. The summed E-state index contributed by atoms with van der Waals surface area (Å²) in [6.45, 7) is 3.58. The van der Waals surface area contributed by atoms with Crippen LogP contribution >= 0.6 is 0 Å². The molecule has 0 spiro atoms. The van der Waals surface area contributed by atoms with Crippen LogP contribution < -0.4 is 10.1 Å². The van der Waals surface area contributed by atoms with Crippen LogP contribution in [-0.2, 0) is 6.54 Å². The Morgan fingerprint density at radius 3 is 2.24 bits per heavy atom. The first-order chi connectivity index (χ1) is 20.6. The zero-order valence-corrected chi connectivity index (χ0v) is 23.6. The first-order valence-corrected chi connectivity index (χ1v) is 14.2. The second kappa shape index (κ2) is 12.3. The Hall–Kier alpha value is -4.94. The van der Waals surface area contributed by atoms with Gasteiger partial charge in [-0.05, 0) is 58.3 Å². The molecule has 1 aliphatic heterocycles. The zero-order valence-electron chi connectivity index (χ0n) is 23.6. The van der Waals surface area contributed by atoms with Gasteiger partial charge in [-0.2, -0.15) is 0 Å². The van der Waals surface area contributed by atoms with E-state index in [4.69, 9.17) is 4.74 Å². The van der Waals surface area contributed by atoms with Crippen molar-refractivity contribution in [3.8, 4) is 16.9 Å². The van der Waals surface area contributed by atoms with Gasteiger partial charge < -0.3 is 15.0 Å². The van der Waals surface area contributed by atoms with Crippen molar-refractivity contribution in [1.82, 2.24) is 9.80 Å². The lowest BCUT2D eigenvalue weighted by Crippen LogP contribution is -2.48. The number of hydrogen-bond donors (Lipinski definition) is 1. The van der Waals surface area contributed by atoms with Crippen LogP contribution in [0.2, 0.25) is 0 Å². The van der Waals surface area contributed by atoms with Crippen LogP contribution in [0.3, 0.4) is 0 Å². The molecule has 1 saturated heterocycles. The molecule has 0 radical (unpaired) electrons. The topological polar surface area (TPSA) is 61.9 Å². The molecule has 1 heterocycles. The Morgan fingerprint density at radius 2 is 1.45 bits per heavy atom. The average molecular weight is 556 g/mol. The van der Waals surface area contributed by atoms with Gasteiger partial charge in [0, 0.05) is 55.1 Å². The summed E-state index contributed by atoms with van der Waals surface area (Å²) in [5, 5.41) is 5.05. The van der Waals surface area contributed by atoms with Gasteiger partial charge in [-0.25, -0.2) is 0 Å². The molecule has 0 bridgehead atoms. The molecule has 5 aromatic rings. The van der Waals surface area contributed by atoms with Gasteiger partial charge in [0.1, 0.15) is 5.75 Å². The van der Waals surface area contributed by atoms with Crippen molar-refractivity contribution in [2.75, 3.05) is 38.6 Å². The highest BCUT2D eigenvalue weighted by Gasteiger charge is 2.23. The second-order valence-electron chi connectivity index (χ2n) is 10.6. The van der Waals surface area contributed by atoms with E-state index in [2.05, 4.69) is 40.5 Å². The molecule has 1 N–H and O–H groups in total. The van der Waals surface area contributed by atoms with Gasteiger partial charge in [0.25, 0.3) is 11.8 Å². The Kier molecular flexibility index (Phi) is 7.97. The third-order valence-electron chi connectivity index (χ3n) is 7.83. The molecule has 6 rings (SSSR count). The van der Waals surface area contributed by atoms with Crippen molar-refractivity contribution in [3.05, 3.63) is 132 Å². The molecule has 2 amide bonds. The summed E-state index contributed by atoms with van der Waals surface area (Å²) in [6, 6.07) is 37.4. The first-order valence-electron chi connectivity index (χ1n) is 14.2. The number of hydrogen-bond acceptors (Lipinski definition) is 4. The molecule has 1 fully saturated rings. The number of nitrogens with zero attached hydrogens (tertiary/aromatic N) is 2. The van der Waals surface area contributed by atoms with Crippen LogP contribution in [0.4, 0.5) is 5.69 Å². The van der Waals surface area contributed by atoms with Gasteiger partial charge in [0.05, 0.1) is 7.11 Å². The number of amides is 2. The number of anilines is 1. The van der Waals surface area contributed by atoms with Crippen LogP contribution in [-0.4, -0.2) is 54.9 Å². The summed E-state index contributed by atoms with van der Waals surface area (Å²) >= 11 is 0. The normalized spacial score (nSPS) is 13.6. The second-order valence-corrected chi connectivity index (χ2v) is 10.6. The van der Waals surface area contributed by atoms with Crippen LogP contribution in [0.25, 0.3) is 21.9 Å². The van der Waals surface area contributed by atoms with Gasteiger partial charge >= 0.3 is 0 Å². The van der Waals surface area contributed by atoms with Crippen molar-refractivity contribution in [2.45, 2.75) is 6.54 Å². The summed E-state index contributed by atoms with van der Waals surface area (Å²) in [7, 11) is 1.71. The predicted octanol–water partition coefficient (Wildman–Crippen LogP) is 6.73.